The fourth-order valence-electron chi connectivity index (χ4n) is 8.58. The fraction of sp³-hybridized carbons (Fsp3) is 0.0204. The zero-order valence-electron chi connectivity index (χ0n) is 28.4. The Bertz CT molecular complexity index is 3220. The van der Waals surface area contributed by atoms with Crippen molar-refractivity contribution in [2.24, 2.45) is 0 Å². The van der Waals surface area contributed by atoms with Crippen molar-refractivity contribution in [1.29, 1.82) is 0 Å². The minimum atomic E-state index is 0.913. The molecule has 1 nitrogen and oxygen atoms in total. The van der Waals surface area contributed by atoms with Crippen LogP contribution in [0.15, 0.2) is 157 Å². The van der Waals surface area contributed by atoms with Crippen molar-refractivity contribution in [3.63, 3.8) is 0 Å². The normalized spacial score (nSPS) is 12.0. The third-order valence-corrected chi connectivity index (χ3v) is 13.1. The van der Waals surface area contributed by atoms with Gasteiger partial charge in [0.1, 0.15) is 11.2 Å². The number of hydrogen-bond acceptors (Lipinski definition) is 3. The lowest BCUT2D eigenvalue weighted by Gasteiger charge is -2.18. The average molecular weight is 699 g/mol. The molecule has 8 aromatic carbocycles. The predicted octanol–water partition coefficient (Wildman–Crippen LogP) is 15.4. The van der Waals surface area contributed by atoms with Crippen LogP contribution in [-0.4, -0.2) is 0 Å². The van der Waals surface area contributed by atoms with E-state index in [9.17, 15) is 0 Å². The van der Waals surface area contributed by atoms with Gasteiger partial charge >= 0.3 is 0 Å². The van der Waals surface area contributed by atoms with E-state index in [1.54, 1.807) is 0 Å². The van der Waals surface area contributed by atoms with Crippen LogP contribution in [0.4, 0.5) is 0 Å². The molecule has 0 fully saturated rings. The maximum atomic E-state index is 6.21. The standard InChI is InChI=1S/C49H30OS2/c1-3-42-49(31-23-25-44-46(28(31)2)37-17-9-11-19-43(37)52-44)38-22-20-30(27-45(38)51-42)48-35-15-6-4-13-33(35)47(34-14-5-7-16-36(34)48)29-21-24-41-39(26-29)32-12-8-10-18-40(32)50-41/h3-27H,1H2,2H3. The van der Waals surface area contributed by atoms with E-state index < -0.39 is 0 Å². The first kappa shape index (κ1) is 29.7. The lowest BCUT2D eigenvalue weighted by Crippen LogP contribution is -1.91. The molecule has 244 valence electrons. The third kappa shape index (κ3) is 4.21. The molecular formula is C49H30OS2. The highest BCUT2D eigenvalue weighted by molar-refractivity contribution is 7.25. The molecule has 0 aliphatic heterocycles. The van der Waals surface area contributed by atoms with E-state index in [4.69, 9.17) is 4.42 Å². The lowest BCUT2D eigenvalue weighted by molar-refractivity contribution is 0.669. The predicted molar refractivity (Wildman–Crippen MR) is 228 cm³/mol. The van der Waals surface area contributed by atoms with Crippen LogP contribution in [-0.2, 0) is 0 Å². The number of rotatable bonds is 4. The summed E-state index contributed by atoms with van der Waals surface area (Å²) in [5, 5.41) is 11.2. The molecule has 0 bridgehead atoms. The highest BCUT2D eigenvalue weighted by atomic mass is 32.1. The highest BCUT2D eigenvalue weighted by Crippen LogP contribution is 2.48. The molecule has 0 saturated carbocycles. The van der Waals surface area contributed by atoms with Gasteiger partial charge in [-0.15, -0.1) is 22.7 Å². The van der Waals surface area contributed by atoms with Crippen LogP contribution in [0.25, 0.3) is 113 Å². The van der Waals surface area contributed by atoms with Crippen molar-refractivity contribution < 1.29 is 4.42 Å². The third-order valence-electron chi connectivity index (χ3n) is 10.9. The van der Waals surface area contributed by atoms with E-state index in [-0.39, 0.29) is 0 Å². The summed E-state index contributed by atoms with van der Waals surface area (Å²) < 4.78 is 10.2. The van der Waals surface area contributed by atoms with E-state index in [1.165, 1.54) is 95.6 Å². The van der Waals surface area contributed by atoms with Crippen LogP contribution in [0.3, 0.4) is 0 Å². The minimum Gasteiger partial charge on any atom is -0.456 e. The molecule has 0 spiro atoms. The Morgan fingerprint density at radius 1 is 0.462 bits per heavy atom. The van der Waals surface area contributed by atoms with Gasteiger partial charge < -0.3 is 4.42 Å². The van der Waals surface area contributed by atoms with Crippen molar-refractivity contribution in [2.45, 2.75) is 6.92 Å². The zero-order valence-corrected chi connectivity index (χ0v) is 30.0. The number of aryl methyl sites for hydroxylation is 1. The van der Waals surface area contributed by atoms with E-state index >= 15 is 0 Å². The minimum absolute atomic E-state index is 0.913. The number of benzene rings is 8. The van der Waals surface area contributed by atoms with E-state index in [0.29, 0.717) is 0 Å². The van der Waals surface area contributed by atoms with Crippen molar-refractivity contribution >= 4 is 102 Å². The summed E-state index contributed by atoms with van der Waals surface area (Å²) in [5.74, 6) is 0. The summed E-state index contributed by atoms with van der Waals surface area (Å²) in [4.78, 5) is 1.21. The molecule has 0 saturated heterocycles. The first-order valence-corrected chi connectivity index (χ1v) is 19.3. The Balaban J connectivity index is 1.14. The highest BCUT2D eigenvalue weighted by Gasteiger charge is 2.21. The smallest absolute Gasteiger partial charge is 0.135 e. The Hall–Kier alpha value is -6.00. The summed E-state index contributed by atoms with van der Waals surface area (Å²) in [5.41, 5.74) is 10.7. The molecule has 0 amide bonds. The molecule has 52 heavy (non-hydrogen) atoms. The van der Waals surface area contributed by atoms with Crippen molar-refractivity contribution in [3.05, 3.63) is 163 Å². The fourth-order valence-corrected chi connectivity index (χ4v) is 10.9. The van der Waals surface area contributed by atoms with Gasteiger partial charge in [-0.05, 0) is 98.2 Å². The number of thiophene rings is 2. The van der Waals surface area contributed by atoms with Crippen LogP contribution >= 0.6 is 22.7 Å². The Labute approximate surface area is 308 Å². The Morgan fingerprint density at radius 2 is 1.06 bits per heavy atom. The second-order valence-electron chi connectivity index (χ2n) is 13.6. The number of para-hydroxylation sites is 1. The largest absolute Gasteiger partial charge is 0.456 e. The van der Waals surface area contributed by atoms with E-state index in [2.05, 4.69) is 147 Å². The van der Waals surface area contributed by atoms with Gasteiger partial charge in [0.15, 0.2) is 0 Å². The molecule has 3 heteroatoms. The van der Waals surface area contributed by atoms with Gasteiger partial charge in [0.2, 0.25) is 0 Å². The van der Waals surface area contributed by atoms with Crippen LogP contribution in [0, 0.1) is 6.92 Å². The van der Waals surface area contributed by atoms with Crippen LogP contribution < -0.4 is 0 Å². The van der Waals surface area contributed by atoms with Crippen molar-refractivity contribution in [3.8, 4) is 33.4 Å². The first-order chi connectivity index (χ1) is 25.7. The quantitative estimate of drug-likeness (QED) is 0.167. The monoisotopic (exact) mass is 698 g/mol. The maximum absolute atomic E-state index is 6.21. The molecule has 3 aromatic heterocycles. The first-order valence-electron chi connectivity index (χ1n) is 17.6. The van der Waals surface area contributed by atoms with Crippen molar-refractivity contribution in [2.75, 3.05) is 0 Å². The lowest BCUT2D eigenvalue weighted by atomic mass is 9.85. The summed E-state index contributed by atoms with van der Waals surface area (Å²) in [6, 6.07) is 53.2. The summed E-state index contributed by atoms with van der Waals surface area (Å²) >= 11 is 3.71. The average Bonchev–Trinajstić information content (AvgIpc) is 3.88. The summed E-state index contributed by atoms with van der Waals surface area (Å²) in [7, 11) is 0. The SMILES string of the molecule is C=Cc1sc2cc(-c3c4ccccc4c(-c4ccc5oc6ccccc6c5c4)c4ccccc34)ccc2c1-c1ccc2sc3ccccc3c2c1C. The molecular weight excluding hydrogens is 669 g/mol. The topological polar surface area (TPSA) is 13.1 Å². The van der Waals surface area contributed by atoms with E-state index in [1.807, 2.05) is 40.9 Å². The molecule has 0 aliphatic rings. The summed E-state index contributed by atoms with van der Waals surface area (Å²) in [6.07, 6.45) is 2.04. The van der Waals surface area contributed by atoms with Gasteiger partial charge in [-0.1, -0.05) is 122 Å². The zero-order chi connectivity index (χ0) is 34.5. The molecule has 0 atom stereocenters. The van der Waals surface area contributed by atoms with Crippen LogP contribution in [0.2, 0.25) is 0 Å². The van der Waals surface area contributed by atoms with Crippen LogP contribution in [0.5, 0.6) is 0 Å². The molecule has 3 heterocycles. The maximum Gasteiger partial charge on any atom is 0.135 e. The Kier molecular flexibility index (Phi) is 6.43. The second-order valence-corrected chi connectivity index (χ2v) is 15.8. The number of furan rings is 1. The molecule has 0 radical (unpaired) electrons. The van der Waals surface area contributed by atoms with Gasteiger partial charge in [0.05, 0.1) is 0 Å². The van der Waals surface area contributed by atoms with Gasteiger partial charge in [-0.2, -0.15) is 0 Å². The molecule has 11 rings (SSSR count). The Morgan fingerprint density at radius 3 is 1.77 bits per heavy atom. The molecule has 0 aliphatic carbocycles. The molecule has 0 unspecified atom stereocenters. The molecule has 11 aromatic rings. The second kappa shape index (κ2) is 11.2. The number of hydrogen-bond donors (Lipinski definition) is 0. The molecule has 0 N–H and O–H groups in total. The summed E-state index contributed by atoms with van der Waals surface area (Å²) in [6.45, 7) is 6.57. The van der Waals surface area contributed by atoms with Gasteiger partial charge in [-0.3, -0.25) is 0 Å². The van der Waals surface area contributed by atoms with Crippen molar-refractivity contribution in [1.82, 2.24) is 0 Å². The van der Waals surface area contributed by atoms with Gasteiger partial charge in [-0.25, -0.2) is 0 Å². The van der Waals surface area contributed by atoms with E-state index in [0.717, 1.165) is 21.9 Å². The van der Waals surface area contributed by atoms with Gasteiger partial charge in [0, 0.05) is 51.5 Å². The van der Waals surface area contributed by atoms with Gasteiger partial charge in [0.25, 0.3) is 0 Å². The van der Waals surface area contributed by atoms with Crippen LogP contribution in [0.1, 0.15) is 10.4 Å². The number of fused-ring (bicyclic) bond motifs is 9.